The molecular formula is C16H25N3O. The summed E-state index contributed by atoms with van der Waals surface area (Å²) in [6, 6.07) is 8.38. The average molecular weight is 275 g/mol. The van der Waals surface area contributed by atoms with Crippen LogP contribution in [0.25, 0.3) is 0 Å². The molecule has 110 valence electrons. The van der Waals surface area contributed by atoms with Crippen LogP contribution >= 0.6 is 0 Å². The molecule has 2 rings (SSSR count). The minimum atomic E-state index is 0.0393. The highest BCUT2D eigenvalue weighted by molar-refractivity contribution is 5.78. The van der Waals surface area contributed by atoms with Gasteiger partial charge in [0.15, 0.2) is 0 Å². The van der Waals surface area contributed by atoms with Gasteiger partial charge in [-0.05, 0) is 30.9 Å². The number of carbonyl (C=O) groups excluding carboxylic acids is 1. The fraction of sp³-hybridized carbons (Fsp3) is 0.562. The van der Waals surface area contributed by atoms with Gasteiger partial charge in [0.2, 0.25) is 5.91 Å². The summed E-state index contributed by atoms with van der Waals surface area (Å²) >= 11 is 0. The summed E-state index contributed by atoms with van der Waals surface area (Å²) < 4.78 is 0. The molecule has 1 amide bonds. The normalized spacial score (nSPS) is 24.6. The zero-order chi connectivity index (χ0) is 14.7. The summed E-state index contributed by atoms with van der Waals surface area (Å²) in [4.78, 5) is 14.2. The van der Waals surface area contributed by atoms with Gasteiger partial charge in [0.05, 0.1) is 12.6 Å². The standard InChI is InChI=1S/C16H25N3O/c1-11-6-4-5-7-14(11)13(3)18-16(20)10-19-8-12(2)15(17)9-19/h4-7,12-13,15H,8-10,17H2,1-3H3,(H,18,20). The van der Waals surface area contributed by atoms with E-state index in [1.807, 2.05) is 19.1 Å². The zero-order valence-electron chi connectivity index (χ0n) is 12.6. The Kier molecular flexibility index (Phi) is 4.78. The van der Waals surface area contributed by atoms with Gasteiger partial charge in [0.1, 0.15) is 0 Å². The van der Waals surface area contributed by atoms with Crippen LogP contribution in [0.1, 0.15) is 31.0 Å². The van der Waals surface area contributed by atoms with Gasteiger partial charge < -0.3 is 11.1 Å². The largest absolute Gasteiger partial charge is 0.348 e. The molecule has 0 radical (unpaired) electrons. The molecule has 3 unspecified atom stereocenters. The number of aryl methyl sites for hydroxylation is 1. The van der Waals surface area contributed by atoms with Crippen molar-refractivity contribution >= 4 is 5.91 Å². The number of nitrogens with zero attached hydrogens (tertiary/aromatic N) is 1. The van der Waals surface area contributed by atoms with E-state index in [4.69, 9.17) is 5.73 Å². The van der Waals surface area contributed by atoms with Crippen LogP contribution in [0, 0.1) is 12.8 Å². The first-order valence-electron chi connectivity index (χ1n) is 7.30. The molecule has 1 heterocycles. The van der Waals surface area contributed by atoms with Crippen LogP contribution < -0.4 is 11.1 Å². The first-order chi connectivity index (χ1) is 9.47. The van der Waals surface area contributed by atoms with E-state index >= 15 is 0 Å². The molecule has 1 aliphatic rings. The molecule has 0 bridgehead atoms. The van der Waals surface area contributed by atoms with Crippen LogP contribution in [-0.2, 0) is 4.79 Å². The first kappa shape index (κ1) is 15.0. The van der Waals surface area contributed by atoms with E-state index in [0.717, 1.165) is 13.1 Å². The van der Waals surface area contributed by atoms with Crippen LogP contribution in [0.3, 0.4) is 0 Å². The van der Waals surface area contributed by atoms with E-state index in [-0.39, 0.29) is 18.0 Å². The van der Waals surface area contributed by atoms with Crippen LogP contribution in [0.15, 0.2) is 24.3 Å². The topological polar surface area (TPSA) is 58.4 Å². The maximum Gasteiger partial charge on any atom is 0.234 e. The maximum atomic E-state index is 12.1. The molecule has 4 heteroatoms. The van der Waals surface area contributed by atoms with E-state index in [0.29, 0.717) is 12.5 Å². The number of nitrogens with two attached hydrogens (primary N) is 1. The molecule has 0 aromatic heterocycles. The van der Waals surface area contributed by atoms with Gasteiger partial charge in [-0.3, -0.25) is 9.69 Å². The molecule has 0 saturated carbocycles. The third-order valence-corrected chi connectivity index (χ3v) is 4.15. The van der Waals surface area contributed by atoms with Gasteiger partial charge in [0, 0.05) is 19.1 Å². The Hall–Kier alpha value is -1.39. The number of hydrogen-bond donors (Lipinski definition) is 2. The van der Waals surface area contributed by atoms with Crippen LogP contribution in [0.2, 0.25) is 0 Å². The Morgan fingerprint density at radius 2 is 2.15 bits per heavy atom. The molecule has 20 heavy (non-hydrogen) atoms. The predicted octanol–water partition coefficient (Wildman–Crippen LogP) is 1.45. The lowest BCUT2D eigenvalue weighted by molar-refractivity contribution is -0.122. The summed E-state index contributed by atoms with van der Waals surface area (Å²) in [5.41, 5.74) is 8.36. The number of benzene rings is 1. The number of nitrogens with one attached hydrogen (secondary N) is 1. The molecule has 0 aliphatic carbocycles. The Bertz CT molecular complexity index is 465. The molecule has 1 aliphatic heterocycles. The molecule has 1 aromatic carbocycles. The lowest BCUT2D eigenvalue weighted by Crippen LogP contribution is -2.38. The van der Waals surface area contributed by atoms with Gasteiger partial charge in [-0.2, -0.15) is 0 Å². The monoisotopic (exact) mass is 275 g/mol. The zero-order valence-corrected chi connectivity index (χ0v) is 12.6. The fourth-order valence-corrected chi connectivity index (χ4v) is 2.86. The van der Waals surface area contributed by atoms with E-state index in [1.54, 1.807) is 0 Å². The smallest absolute Gasteiger partial charge is 0.234 e. The van der Waals surface area contributed by atoms with Crippen molar-refractivity contribution in [3.8, 4) is 0 Å². The van der Waals surface area contributed by atoms with Crippen LogP contribution in [0.4, 0.5) is 0 Å². The molecule has 1 fully saturated rings. The first-order valence-corrected chi connectivity index (χ1v) is 7.30. The highest BCUT2D eigenvalue weighted by atomic mass is 16.2. The second-order valence-corrected chi connectivity index (χ2v) is 5.98. The molecule has 1 aromatic rings. The summed E-state index contributed by atoms with van der Waals surface area (Å²) in [5.74, 6) is 0.540. The fourth-order valence-electron chi connectivity index (χ4n) is 2.86. The average Bonchev–Trinajstić information content (AvgIpc) is 2.68. The summed E-state index contributed by atoms with van der Waals surface area (Å²) in [6.45, 7) is 8.39. The molecule has 1 saturated heterocycles. The van der Waals surface area contributed by atoms with Crippen molar-refractivity contribution in [2.24, 2.45) is 11.7 Å². The van der Waals surface area contributed by atoms with Crippen molar-refractivity contribution in [2.75, 3.05) is 19.6 Å². The van der Waals surface area contributed by atoms with Crippen molar-refractivity contribution in [1.29, 1.82) is 0 Å². The van der Waals surface area contributed by atoms with Gasteiger partial charge in [0.25, 0.3) is 0 Å². The Morgan fingerprint density at radius 1 is 1.45 bits per heavy atom. The SMILES string of the molecule is Cc1ccccc1C(C)NC(=O)CN1CC(C)C(N)C1. The minimum Gasteiger partial charge on any atom is -0.348 e. The quantitative estimate of drug-likeness (QED) is 0.874. The summed E-state index contributed by atoms with van der Waals surface area (Å²) in [7, 11) is 0. The highest BCUT2D eigenvalue weighted by Gasteiger charge is 2.27. The van der Waals surface area contributed by atoms with Gasteiger partial charge in [-0.25, -0.2) is 0 Å². The van der Waals surface area contributed by atoms with Crippen LogP contribution in [0.5, 0.6) is 0 Å². The van der Waals surface area contributed by atoms with Gasteiger partial charge in [-0.1, -0.05) is 31.2 Å². The summed E-state index contributed by atoms with van der Waals surface area (Å²) in [6.07, 6.45) is 0. The van der Waals surface area contributed by atoms with Crippen molar-refractivity contribution in [2.45, 2.75) is 32.9 Å². The van der Waals surface area contributed by atoms with Gasteiger partial charge >= 0.3 is 0 Å². The number of carbonyl (C=O) groups is 1. The second-order valence-electron chi connectivity index (χ2n) is 5.98. The summed E-state index contributed by atoms with van der Waals surface area (Å²) in [5, 5.41) is 3.07. The van der Waals surface area contributed by atoms with Crippen molar-refractivity contribution in [1.82, 2.24) is 10.2 Å². The van der Waals surface area contributed by atoms with E-state index in [9.17, 15) is 4.79 Å². The maximum absolute atomic E-state index is 12.1. The van der Waals surface area contributed by atoms with E-state index in [1.165, 1.54) is 11.1 Å². The Morgan fingerprint density at radius 3 is 2.75 bits per heavy atom. The van der Waals surface area contributed by atoms with E-state index < -0.39 is 0 Å². The lowest BCUT2D eigenvalue weighted by Gasteiger charge is -2.19. The van der Waals surface area contributed by atoms with Crippen molar-refractivity contribution < 1.29 is 4.79 Å². The van der Waals surface area contributed by atoms with Crippen molar-refractivity contribution in [3.63, 3.8) is 0 Å². The molecule has 3 atom stereocenters. The number of rotatable bonds is 4. The molecule has 4 nitrogen and oxygen atoms in total. The third kappa shape index (κ3) is 3.58. The Labute approximate surface area is 121 Å². The van der Waals surface area contributed by atoms with Crippen molar-refractivity contribution in [3.05, 3.63) is 35.4 Å². The molecule has 0 spiro atoms. The lowest BCUT2D eigenvalue weighted by atomic mass is 10.0. The third-order valence-electron chi connectivity index (χ3n) is 4.15. The highest BCUT2D eigenvalue weighted by Crippen LogP contribution is 2.17. The predicted molar refractivity (Wildman–Crippen MR) is 81.3 cm³/mol. The minimum absolute atomic E-state index is 0.0393. The number of likely N-dealkylation sites (tertiary alicyclic amines) is 1. The second kappa shape index (κ2) is 6.37. The number of amides is 1. The van der Waals surface area contributed by atoms with Crippen LogP contribution in [-0.4, -0.2) is 36.5 Å². The number of hydrogen-bond acceptors (Lipinski definition) is 3. The van der Waals surface area contributed by atoms with E-state index in [2.05, 4.69) is 36.2 Å². The molecular weight excluding hydrogens is 250 g/mol. The Balaban J connectivity index is 1.87. The molecule has 3 N–H and O–H groups in total. The van der Waals surface area contributed by atoms with Gasteiger partial charge in [-0.15, -0.1) is 0 Å².